The van der Waals surface area contributed by atoms with Gasteiger partial charge in [-0.3, -0.25) is 0 Å². The Labute approximate surface area is 95.5 Å². The summed E-state index contributed by atoms with van der Waals surface area (Å²) < 4.78 is 5.54. The second-order valence-corrected chi connectivity index (χ2v) is 3.69. The topological polar surface area (TPSA) is 29.5 Å². The largest absolute Gasteiger partial charge is 0.393 e. The average molecular weight is 216 g/mol. The molecule has 1 unspecified atom stereocenters. The maximum absolute atomic E-state index is 9.35. The Morgan fingerprint density at radius 2 is 1.88 bits per heavy atom. The van der Waals surface area contributed by atoms with Crippen molar-refractivity contribution in [2.24, 2.45) is 0 Å². The van der Waals surface area contributed by atoms with Crippen LogP contribution in [0.4, 0.5) is 0 Å². The smallest absolute Gasteiger partial charge is 0.106 e. The van der Waals surface area contributed by atoms with Crippen molar-refractivity contribution in [3.05, 3.63) is 48.0 Å². The molecule has 0 saturated carbocycles. The van der Waals surface area contributed by atoms with Crippen molar-refractivity contribution < 1.29 is 9.84 Å². The molecular formula is C14H16O2. The molecule has 0 amide bonds. The first-order chi connectivity index (χ1) is 7.86. The zero-order chi connectivity index (χ0) is 11.4. The van der Waals surface area contributed by atoms with Crippen LogP contribution in [-0.4, -0.2) is 18.3 Å². The molecule has 0 aliphatic rings. The molecule has 0 aliphatic carbocycles. The Balaban J connectivity index is 2.50. The summed E-state index contributed by atoms with van der Waals surface area (Å²) >= 11 is 0. The van der Waals surface area contributed by atoms with Gasteiger partial charge in [0.25, 0.3) is 0 Å². The highest BCUT2D eigenvalue weighted by Crippen LogP contribution is 2.26. The zero-order valence-corrected chi connectivity index (χ0v) is 9.39. The van der Waals surface area contributed by atoms with Crippen LogP contribution in [-0.2, 0) is 4.74 Å². The summed E-state index contributed by atoms with van der Waals surface area (Å²) in [6, 6.07) is 14.2. The summed E-state index contributed by atoms with van der Waals surface area (Å²) in [4.78, 5) is 0. The molecular weight excluding hydrogens is 200 g/mol. The first kappa shape index (κ1) is 11.1. The maximum Gasteiger partial charge on any atom is 0.106 e. The monoisotopic (exact) mass is 216 g/mol. The van der Waals surface area contributed by atoms with Crippen LogP contribution in [0, 0.1) is 0 Å². The molecule has 84 valence electrons. The number of hydrogen-bond acceptors (Lipinski definition) is 2. The molecule has 2 heteroatoms. The predicted molar refractivity (Wildman–Crippen MR) is 65.4 cm³/mol. The van der Waals surface area contributed by atoms with E-state index in [9.17, 15) is 5.11 Å². The van der Waals surface area contributed by atoms with Crippen molar-refractivity contribution >= 4 is 10.8 Å². The van der Waals surface area contributed by atoms with Gasteiger partial charge in [0.1, 0.15) is 6.10 Å². The third kappa shape index (κ3) is 2.08. The highest BCUT2D eigenvalue weighted by Gasteiger charge is 2.12. The van der Waals surface area contributed by atoms with Crippen LogP contribution in [0.25, 0.3) is 10.8 Å². The third-order valence-electron chi connectivity index (χ3n) is 2.70. The van der Waals surface area contributed by atoms with E-state index in [0.29, 0.717) is 6.61 Å². The SMILES string of the molecule is CCOC(CO)c1cccc2ccccc12. The van der Waals surface area contributed by atoms with E-state index in [1.165, 1.54) is 5.39 Å². The zero-order valence-electron chi connectivity index (χ0n) is 9.39. The van der Waals surface area contributed by atoms with Crippen LogP contribution in [0.1, 0.15) is 18.6 Å². The van der Waals surface area contributed by atoms with E-state index in [2.05, 4.69) is 18.2 Å². The minimum atomic E-state index is -0.226. The van der Waals surface area contributed by atoms with E-state index in [1.54, 1.807) is 0 Å². The van der Waals surface area contributed by atoms with E-state index in [-0.39, 0.29) is 12.7 Å². The van der Waals surface area contributed by atoms with Crippen LogP contribution >= 0.6 is 0 Å². The second-order valence-electron chi connectivity index (χ2n) is 3.69. The minimum absolute atomic E-state index is 0.0157. The summed E-state index contributed by atoms with van der Waals surface area (Å²) in [6.07, 6.45) is -0.226. The molecule has 1 N–H and O–H groups in total. The molecule has 2 aromatic carbocycles. The van der Waals surface area contributed by atoms with Gasteiger partial charge in [-0.25, -0.2) is 0 Å². The molecule has 1 atom stereocenters. The first-order valence-electron chi connectivity index (χ1n) is 5.57. The molecule has 2 nitrogen and oxygen atoms in total. The summed E-state index contributed by atoms with van der Waals surface area (Å²) in [7, 11) is 0. The van der Waals surface area contributed by atoms with Crippen molar-refractivity contribution in [3.63, 3.8) is 0 Å². The standard InChI is InChI=1S/C14H16O2/c1-2-16-14(10-15)13-9-5-7-11-6-3-4-8-12(11)13/h3-9,14-15H,2,10H2,1H3. The summed E-state index contributed by atoms with van der Waals surface area (Å²) in [6.45, 7) is 2.56. The van der Waals surface area contributed by atoms with Gasteiger partial charge in [-0.1, -0.05) is 42.5 Å². The lowest BCUT2D eigenvalue weighted by atomic mass is 10.0. The molecule has 2 aromatic rings. The fourth-order valence-corrected chi connectivity index (χ4v) is 1.97. The molecule has 0 radical (unpaired) electrons. The third-order valence-corrected chi connectivity index (χ3v) is 2.70. The Kier molecular flexibility index (Phi) is 3.54. The molecule has 0 heterocycles. The van der Waals surface area contributed by atoms with Gasteiger partial charge < -0.3 is 9.84 Å². The quantitative estimate of drug-likeness (QED) is 0.851. The number of rotatable bonds is 4. The fraction of sp³-hybridized carbons (Fsp3) is 0.286. The first-order valence-corrected chi connectivity index (χ1v) is 5.57. The molecule has 0 aromatic heterocycles. The van der Waals surface area contributed by atoms with Crippen molar-refractivity contribution in [1.29, 1.82) is 0 Å². The van der Waals surface area contributed by atoms with E-state index in [4.69, 9.17) is 4.74 Å². The van der Waals surface area contributed by atoms with Gasteiger partial charge in [0.05, 0.1) is 6.61 Å². The van der Waals surface area contributed by atoms with Crippen LogP contribution in [0.5, 0.6) is 0 Å². The van der Waals surface area contributed by atoms with Gasteiger partial charge in [-0.05, 0) is 23.3 Å². The van der Waals surface area contributed by atoms with Gasteiger partial charge in [0.2, 0.25) is 0 Å². The molecule has 0 fully saturated rings. The van der Waals surface area contributed by atoms with E-state index in [1.807, 2.05) is 31.2 Å². The molecule has 0 spiro atoms. The fourth-order valence-electron chi connectivity index (χ4n) is 1.97. The average Bonchev–Trinajstić information content (AvgIpc) is 2.35. The summed E-state index contributed by atoms with van der Waals surface area (Å²) in [5, 5.41) is 11.7. The minimum Gasteiger partial charge on any atom is -0.393 e. The van der Waals surface area contributed by atoms with Crippen molar-refractivity contribution in [3.8, 4) is 0 Å². The van der Waals surface area contributed by atoms with Crippen LogP contribution in [0.3, 0.4) is 0 Å². The number of aliphatic hydroxyl groups excluding tert-OH is 1. The normalized spacial score (nSPS) is 12.9. The van der Waals surface area contributed by atoms with E-state index >= 15 is 0 Å². The van der Waals surface area contributed by atoms with Crippen LogP contribution in [0.15, 0.2) is 42.5 Å². The van der Waals surface area contributed by atoms with Crippen LogP contribution < -0.4 is 0 Å². The van der Waals surface area contributed by atoms with Crippen molar-refractivity contribution in [1.82, 2.24) is 0 Å². The number of fused-ring (bicyclic) bond motifs is 1. The summed E-state index contributed by atoms with van der Waals surface area (Å²) in [5.41, 5.74) is 1.06. The lowest BCUT2D eigenvalue weighted by molar-refractivity contribution is 0.0199. The number of benzene rings is 2. The molecule has 2 rings (SSSR count). The van der Waals surface area contributed by atoms with E-state index in [0.717, 1.165) is 10.9 Å². The lowest BCUT2D eigenvalue weighted by Crippen LogP contribution is -2.09. The van der Waals surface area contributed by atoms with Gasteiger partial charge >= 0.3 is 0 Å². The molecule has 0 bridgehead atoms. The molecule has 16 heavy (non-hydrogen) atoms. The van der Waals surface area contributed by atoms with Crippen molar-refractivity contribution in [2.45, 2.75) is 13.0 Å². The highest BCUT2D eigenvalue weighted by molar-refractivity contribution is 5.85. The predicted octanol–water partition coefficient (Wildman–Crippen LogP) is 2.91. The van der Waals surface area contributed by atoms with Gasteiger partial charge in [0, 0.05) is 6.61 Å². The summed E-state index contributed by atoms with van der Waals surface area (Å²) in [5.74, 6) is 0. The lowest BCUT2D eigenvalue weighted by Gasteiger charge is -2.16. The van der Waals surface area contributed by atoms with Gasteiger partial charge in [-0.15, -0.1) is 0 Å². The molecule has 0 saturated heterocycles. The Morgan fingerprint density at radius 1 is 1.12 bits per heavy atom. The number of aliphatic hydroxyl groups is 1. The number of ether oxygens (including phenoxy) is 1. The Morgan fingerprint density at radius 3 is 2.62 bits per heavy atom. The van der Waals surface area contributed by atoms with Gasteiger partial charge in [0.15, 0.2) is 0 Å². The second kappa shape index (κ2) is 5.10. The van der Waals surface area contributed by atoms with E-state index < -0.39 is 0 Å². The Bertz CT molecular complexity index is 460. The Hall–Kier alpha value is -1.38. The maximum atomic E-state index is 9.35. The number of hydrogen-bond donors (Lipinski definition) is 1. The molecule has 0 aliphatic heterocycles. The van der Waals surface area contributed by atoms with Crippen molar-refractivity contribution in [2.75, 3.05) is 13.2 Å². The highest BCUT2D eigenvalue weighted by atomic mass is 16.5. The van der Waals surface area contributed by atoms with Crippen LogP contribution in [0.2, 0.25) is 0 Å². The van der Waals surface area contributed by atoms with Gasteiger partial charge in [-0.2, -0.15) is 0 Å².